The van der Waals surface area contributed by atoms with Crippen LogP contribution in [-0.4, -0.2) is 32.0 Å². The van der Waals surface area contributed by atoms with Crippen molar-refractivity contribution in [3.63, 3.8) is 0 Å². The van der Waals surface area contributed by atoms with E-state index >= 15 is 0 Å². The van der Waals surface area contributed by atoms with Crippen molar-refractivity contribution in [3.8, 4) is 0 Å². The van der Waals surface area contributed by atoms with Crippen LogP contribution in [0.5, 0.6) is 0 Å². The Morgan fingerprint density at radius 3 is 3.08 bits per heavy atom. The molecule has 4 rings (SSSR count). The zero-order chi connectivity index (χ0) is 18.1. The summed E-state index contributed by atoms with van der Waals surface area (Å²) in [6.07, 6.45) is 6.19. The van der Waals surface area contributed by atoms with Crippen LogP contribution in [0.25, 0.3) is 11.0 Å². The summed E-state index contributed by atoms with van der Waals surface area (Å²) in [5.41, 5.74) is 3.16. The number of nitrogens with zero attached hydrogens (tertiary/aromatic N) is 4. The van der Waals surface area contributed by atoms with E-state index < -0.39 is 0 Å². The van der Waals surface area contributed by atoms with Gasteiger partial charge in [-0.05, 0) is 38.0 Å². The summed E-state index contributed by atoms with van der Waals surface area (Å²) in [5.74, 6) is 0.996. The van der Waals surface area contributed by atoms with Gasteiger partial charge in [0, 0.05) is 43.0 Å². The van der Waals surface area contributed by atoms with E-state index in [-0.39, 0.29) is 12.1 Å². The summed E-state index contributed by atoms with van der Waals surface area (Å²) >= 11 is 6.09. The van der Waals surface area contributed by atoms with Crippen molar-refractivity contribution in [1.29, 1.82) is 0 Å². The Hall–Kier alpha value is -1.89. The van der Waals surface area contributed by atoms with Crippen LogP contribution >= 0.6 is 11.6 Å². The highest BCUT2D eigenvalue weighted by molar-refractivity contribution is 6.31. The number of nitrogens with one attached hydrogen (secondary N) is 1. The molecule has 0 aliphatic carbocycles. The molecule has 6 nitrogen and oxygen atoms in total. The third-order valence-electron chi connectivity index (χ3n) is 5.09. The van der Waals surface area contributed by atoms with E-state index in [4.69, 9.17) is 21.3 Å². The summed E-state index contributed by atoms with van der Waals surface area (Å²) in [4.78, 5) is 4.73. The van der Waals surface area contributed by atoms with Crippen LogP contribution in [0, 0.1) is 0 Å². The first kappa shape index (κ1) is 17.5. The molecule has 1 aliphatic heterocycles. The van der Waals surface area contributed by atoms with Crippen molar-refractivity contribution in [2.45, 2.75) is 45.0 Å². The van der Waals surface area contributed by atoms with Gasteiger partial charge in [0.1, 0.15) is 11.9 Å². The van der Waals surface area contributed by atoms with Crippen molar-refractivity contribution >= 4 is 22.6 Å². The van der Waals surface area contributed by atoms with Crippen LogP contribution in [-0.2, 0) is 24.9 Å². The molecule has 1 saturated heterocycles. The Morgan fingerprint density at radius 1 is 1.38 bits per heavy atom. The molecule has 0 unspecified atom stereocenters. The van der Waals surface area contributed by atoms with E-state index in [1.165, 1.54) is 0 Å². The predicted octanol–water partition coefficient (Wildman–Crippen LogP) is 3.45. The molecular weight excluding hydrogens is 350 g/mol. The molecule has 0 bridgehead atoms. The normalized spacial score (nSPS) is 20.7. The molecule has 1 N–H and O–H groups in total. The maximum atomic E-state index is 6.09. The fourth-order valence-electron chi connectivity index (χ4n) is 3.62. The second-order valence-electron chi connectivity index (χ2n) is 6.77. The molecule has 26 heavy (non-hydrogen) atoms. The van der Waals surface area contributed by atoms with Crippen LogP contribution in [0.15, 0.2) is 30.6 Å². The average Bonchev–Trinajstić information content (AvgIpc) is 3.25. The lowest BCUT2D eigenvalue weighted by Crippen LogP contribution is -2.39. The highest BCUT2D eigenvalue weighted by Gasteiger charge is 2.28. The van der Waals surface area contributed by atoms with Gasteiger partial charge < -0.3 is 14.6 Å². The lowest BCUT2D eigenvalue weighted by molar-refractivity contribution is -0.0114. The molecule has 3 heterocycles. The first-order valence-electron chi connectivity index (χ1n) is 9.14. The molecule has 1 aliphatic rings. The van der Waals surface area contributed by atoms with Crippen molar-refractivity contribution in [1.82, 2.24) is 24.6 Å². The molecule has 1 aromatic carbocycles. The maximum absolute atomic E-state index is 6.09. The molecule has 2 aromatic heterocycles. The number of aromatic nitrogens is 4. The van der Waals surface area contributed by atoms with Gasteiger partial charge in [-0.15, -0.1) is 0 Å². The highest BCUT2D eigenvalue weighted by atomic mass is 35.5. The predicted molar refractivity (Wildman–Crippen MR) is 102 cm³/mol. The number of hydrogen-bond donors (Lipinski definition) is 1. The third-order valence-corrected chi connectivity index (χ3v) is 5.32. The number of aryl methyl sites for hydroxylation is 2. The van der Waals surface area contributed by atoms with Gasteiger partial charge in [0.15, 0.2) is 0 Å². The SMILES string of the molecule is CCn1cc([C@H]2OCCC[C@@H]2NCc2nc3cc(Cl)ccc3n2C)cn1. The Labute approximate surface area is 158 Å². The van der Waals surface area contributed by atoms with Crippen LogP contribution < -0.4 is 5.32 Å². The topological polar surface area (TPSA) is 56.9 Å². The lowest BCUT2D eigenvalue weighted by Gasteiger charge is -2.32. The summed E-state index contributed by atoms with van der Waals surface area (Å²) in [7, 11) is 2.04. The van der Waals surface area contributed by atoms with E-state index in [1.807, 2.05) is 36.1 Å². The Kier molecular flexibility index (Phi) is 4.98. The molecule has 2 atom stereocenters. The first-order chi connectivity index (χ1) is 12.7. The summed E-state index contributed by atoms with van der Waals surface area (Å²) in [5, 5.41) is 8.76. The molecule has 0 radical (unpaired) electrons. The highest BCUT2D eigenvalue weighted by Crippen LogP contribution is 2.28. The van der Waals surface area contributed by atoms with Gasteiger partial charge in [-0.3, -0.25) is 4.68 Å². The van der Waals surface area contributed by atoms with E-state index in [2.05, 4.69) is 28.1 Å². The molecule has 0 saturated carbocycles. The van der Waals surface area contributed by atoms with Crippen molar-refractivity contribution in [3.05, 3.63) is 47.0 Å². The molecule has 1 fully saturated rings. The number of fused-ring (bicyclic) bond motifs is 1. The van der Waals surface area contributed by atoms with E-state index in [0.29, 0.717) is 11.6 Å². The molecule has 3 aromatic rings. The van der Waals surface area contributed by atoms with Crippen molar-refractivity contribution in [2.75, 3.05) is 6.61 Å². The second kappa shape index (κ2) is 7.39. The Morgan fingerprint density at radius 2 is 2.27 bits per heavy atom. The van der Waals surface area contributed by atoms with Crippen LogP contribution in [0.2, 0.25) is 5.02 Å². The Balaban J connectivity index is 1.51. The standard InChI is InChI=1S/C19H24ClN5O/c1-3-25-12-13(10-22-25)19-15(5-4-8-26-19)21-11-18-23-16-9-14(20)6-7-17(16)24(18)2/h6-7,9-10,12,15,19,21H,3-5,8,11H2,1-2H3/t15-,19+/m0/s1. The fraction of sp³-hybridized carbons (Fsp3) is 0.474. The van der Waals surface area contributed by atoms with Gasteiger partial charge in [0.2, 0.25) is 0 Å². The molecule has 0 amide bonds. The van der Waals surface area contributed by atoms with E-state index in [0.717, 1.165) is 48.4 Å². The Bertz CT molecular complexity index is 903. The van der Waals surface area contributed by atoms with Gasteiger partial charge in [0.05, 0.1) is 23.8 Å². The molecule has 7 heteroatoms. The van der Waals surface area contributed by atoms with Crippen LogP contribution in [0.1, 0.15) is 37.3 Å². The lowest BCUT2D eigenvalue weighted by atomic mass is 9.98. The zero-order valence-electron chi connectivity index (χ0n) is 15.2. The van der Waals surface area contributed by atoms with Gasteiger partial charge in [-0.1, -0.05) is 11.6 Å². The van der Waals surface area contributed by atoms with Crippen LogP contribution in [0.4, 0.5) is 0 Å². The minimum Gasteiger partial charge on any atom is -0.372 e. The van der Waals surface area contributed by atoms with E-state index in [9.17, 15) is 0 Å². The van der Waals surface area contributed by atoms with Gasteiger partial charge in [-0.2, -0.15) is 5.10 Å². The summed E-state index contributed by atoms with van der Waals surface area (Å²) < 4.78 is 10.1. The number of halogens is 1. The molecular formula is C19H24ClN5O. The van der Waals surface area contributed by atoms with Gasteiger partial charge >= 0.3 is 0 Å². The first-order valence-corrected chi connectivity index (χ1v) is 9.51. The summed E-state index contributed by atoms with van der Waals surface area (Å²) in [6.45, 7) is 4.44. The monoisotopic (exact) mass is 373 g/mol. The minimum atomic E-state index is 0.0354. The van der Waals surface area contributed by atoms with Crippen molar-refractivity contribution in [2.24, 2.45) is 7.05 Å². The molecule has 0 spiro atoms. The quantitative estimate of drug-likeness (QED) is 0.744. The van der Waals surface area contributed by atoms with Gasteiger partial charge in [0.25, 0.3) is 0 Å². The summed E-state index contributed by atoms with van der Waals surface area (Å²) in [6, 6.07) is 6.08. The third kappa shape index (κ3) is 3.37. The smallest absolute Gasteiger partial charge is 0.123 e. The maximum Gasteiger partial charge on any atom is 0.123 e. The van der Waals surface area contributed by atoms with E-state index in [1.54, 1.807) is 0 Å². The van der Waals surface area contributed by atoms with Crippen molar-refractivity contribution < 1.29 is 4.74 Å². The number of hydrogen-bond acceptors (Lipinski definition) is 4. The largest absolute Gasteiger partial charge is 0.372 e. The number of ether oxygens (including phenoxy) is 1. The number of benzene rings is 1. The average molecular weight is 374 g/mol. The fourth-order valence-corrected chi connectivity index (χ4v) is 3.79. The number of imidazole rings is 1. The van der Waals surface area contributed by atoms with Gasteiger partial charge in [-0.25, -0.2) is 4.98 Å². The molecule has 138 valence electrons. The zero-order valence-corrected chi connectivity index (χ0v) is 15.9. The van der Waals surface area contributed by atoms with Crippen LogP contribution in [0.3, 0.4) is 0 Å². The minimum absolute atomic E-state index is 0.0354. The second-order valence-corrected chi connectivity index (χ2v) is 7.21. The number of rotatable bonds is 5.